The van der Waals surface area contributed by atoms with Crippen LogP contribution in [0.1, 0.15) is 46.5 Å². The molecule has 0 radical (unpaired) electrons. The van der Waals surface area contributed by atoms with Gasteiger partial charge in [-0.1, -0.05) is 35.5 Å². The van der Waals surface area contributed by atoms with Gasteiger partial charge in [-0.05, 0) is 37.5 Å². The Labute approximate surface area is 180 Å². The van der Waals surface area contributed by atoms with E-state index in [-0.39, 0.29) is 17.6 Å². The van der Waals surface area contributed by atoms with Crippen LogP contribution in [0.15, 0.2) is 59.1 Å². The molecule has 3 heterocycles. The lowest BCUT2D eigenvalue weighted by Crippen LogP contribution is -2.45. The van der Waals surface area contributed by atoms with Crippen molar-refractivity contribution in [2.75, 3.05) is 18.5 Å². The zero-order valence-electron chi connectivity index (χ0n) is 17.0. The molecule has 3 aromatic rings. The predicted octanol–water partition coefficient (Wildman–Crippen LogP) is 4.37. The molecular weight excluding hydrogens is 394 g/mol. The number of rotatable bonds is 3. The molecule has 1 atom stereocenters. The summed E-state index contributed by atoms with van der Waals surface area (Å²) < 4.78 is 11.2. The van der Waals surface area contributed by atoms with Gasteiger partial charge in [-0.3, -0.25) is 9.59 Å². The van der Waals surface area contributed by atoms with Crippen LogP contribution >= 0.6 is 0 Å². The van der Waals surface area contributed by atoms with Crippen LogP contribution in [0.4, 0.5) is 5.69 Å². The molecule has 7 nitrogen and oxygen atoms in total. The van der Waals surface area contributed by atoms with Crippen LogP contribution in [-0.4, -0.2) is 41.1 Å². The van der Waals surface area contributed by atoms with Crippen LogP contribution in [0.2, 0.25) is 0 Å². The van der Waals surface area contributed by atoms with E-state index in [1.807, 2.05) is 35.2 Å². The quantitative estimate of drug-likeness (QED) is 0.684. The largest absolute Gasteiger partial charge is 0.493 e. The minimum atomic E-state index is -0.402. The molecular formula is C24H23N3O4. The third-order valence-electron chi connectivity index (χ3n) is 5.87. The van der Waals surface area contributed by atoms with Gasteiger partial charge in [-0.25, -0.2) is 0 Å². The number of hydrogen-bond donors (Lipinski definition) is 1. The summed E-state index contributed by atoms with van der Waals surface area (Å²) in [4.78, 5) is 27.9. The number of aromatic nitrogens is 1. The highest BCUT2D eigenvalue weighted by molar-refractivity contribution is 6.05. The monoisotopic (exact) mass is 417 g/mol. The van der Waals surface area contributed by atoms with Crippen molar-refractivity contribution in [3.8, 4) is 17.1 Å². The fraction of sp³-hybridized carbons (Fsp3) is 0.292. The lowest BCUT2D eigenvalue weighted by molar-refractivity contribution is 0.0548. The highest BCUT2D eigenvalue weighted by Crippen LogP contribution is 2.31. The van der Waals surface area contributed by atoms with Crippen LogP contribution in [-0.2, 0) is 0 Å². The van der Waals surface area contributed by atoms with Gasteiger partial charge in [0, 0.05) is 36.3 Å². The molecule has 2 amide bonds. The highest BCUT2D eigenvalue weighted by atomic mass is 16.5. The van der Waals surface area contributed by atoms with Crippen molar-refractivity contribution >= 4 is 17.5 Å². The van der Waals surface area contributed by atoms with E-state index in [1.165, 1.54) is 0 Å². The predicted molar refractivity (Wildman–Crippen MR) is 115 cm³/mol. The molecule has 1 aromatic heterocycles. The molecule has 0 saturated carbocycles. The molecule has 1 fully saturated rings. The molecule has 1 N–H and O–H groups in total. The van der Waals surface area contributed by atoms with Gasteiger partial charge in [0.25, 0.3) is 11.8 Å². The molecule has 0 aliphatic carbocycles. The maximum atomic E-state index is 13.2. The second-order valence-electron chi connectivity index (χ2n) is 7.89. The third-order valence-corrected chi connectivity index (χ3v) is 5.87. The van der Waals surface area contributed by atoms with Gasteiger partial charge in [-0.2, -0.15) is 0 Å². The Bertz CT molecular complexity index is 1110. The Kier molecular flexibility index (Phi) is 5.16. The lowest BCUT2D eigenvalue weighted by Gasteiger charge is -2.37. The second kappa shape index (κ2) is 8.26. The number of carbonyl (C=O) groups is 2. The number of piperidine rings is 1. The fourth-order valence-corrected chi connectivity index (χ4v) is 4.24. The summed E-state index contributed by atoms with van der Waals surface area (Å²) in [5, 5.41) is 6.70. The van der Waals surface area contributed by atoms with Gasteiger partial charge in [0.05, 0.1) is 12.2 Å². The zero-order chi connectivity index (χ0) is 21.2. The molecule has 158 valence electrons. The number of ether oxygens (including phenoxy) is 1. The maximum absolute atomic E-state index is 13.2. The fourth-order valence-electron chi connectivity index (χ4n) is 4.24. The summed E-state index contributed by atoms with van der Waals surface area (Å²) >= 11 is 0. The number of hydrogen-bond acceptors (Lipinski definition) is 5. The number of anilines is 1. The maximum Gasteiger partial charge on any atom is 0.277 e. The summed E-state index contributed by atoms with van der Waals surface area (Å²) in [5.41, 5.74) is 2.01. The van der Waals surface area contributed by atoms with E-state index in [0.717, 1.165) is 37.8 Å². The zero-order valence-corrected chi connectivity index (χ0v) is 17.0. The number of benzene rings is 2. The molecule has 7 heteroatoms. The second-order valence-corrected chi connectivity index (χ2v) is 7.89. The first-order chi connectivity index (χ1) is 15.2. The minimum Gasteiger partial charge on any atom is -0.493 e. The van der Waals surface area contributed by atoms with E-state index < -0.39 is 5.91 Å². The van der Waals surface area contributed by atoms with Crippen molar-refractivity contribution < 1.29 is 18.8 Å². The molecule has 31 heavy (non-hydrogen) atoms. The molecule has 5 rings (SSSR count). The molecule has 0 spiro atoms. The Hall–Kier alpha value is -3.61. The number of nitrogens with zero attached hydrogens (tertiary/aromatic N) is 2. The van der Waals surface area contributed by atoms with Crippen molar-refractivity contribution in [1.29, 1.82) is 0 Å². The Morgan fingerprint density at radius 2 is 1.94 bits per heavy atom. The Morgan fingerprint density at radius 3 is 2.81 bits per heavy atom. The van der Waals surface area contributed by atoms with Crippen LogP contribution in [0.25, 0.3) is 11.3 Å². The van der Waals surface area contributed by atoms with E-state index in [4.69, 9.17) is 9.26 Å². The topological polar surface area (TPSA) is 84.7 Å². The first-order valence-corrected chi connectivity index (χ1v) is 10.6. The van der Waals surface area contributed by atoms with E-state index in [9.17, 15) is 9.59 Å². The smallest absolute Gasteiger partial charge is 0.277 e. The van der Waals surface area contributed by atoms with Crippen LogP contribution in [0.3, 0.4) is 0 Å². The van der Waals surface area contributed by atoms with E-state index >= 15 is 0 Å². The van der Waals surface area contributed by atoms with Gasteiger partial charge in [0.2, 0.25) is 0 Å². The number of amides is 2. The summed E-state index contributed by atoms with van der Waals surface area (Å²) in [6, 6.07) is 16.4. The van der Waals surface area contributed by atoms with Crippen molar-refractivity contribution in [2.24, 2.45) is 0 Å². The SMILES string of the molecule is O=C(Nc1ccc2c(c1)C(=O)N1CCCC[C@H]1CCO2)c1cc(-c2ccccc2)on1. The van der Waals surface area contributed by atoms with Crippen molar-refractivity contribution in [2.45, 2.75) is 31.7 Å². The summed E-state index contributed by atoms with van der Waals surface area (Å²) in [6.45, 7) is 1.34. The standard InChI is InChI=1S/C24H23N3O4/c28-23(20-15-22(31-26-20)16-6-2-1-3-7-16)25-17-9-10-21-19(14-17)24(29)27-12-5-4-8-18(27)11-13-30-21/h1-3,6-7,9-10,14-15,18H,4-5,8,11-13H2,(H,25,28)/t18-/m0/s1. The third kappa shape index (κ3) is 3.91. The first kappa shape index (κ1) is 19.4. The minimum absolute atomic E-state index is 0.0386. The Balaban J connectivity index is 1.37. The van der Waals surface area contributed by atoms with E-state index in [1.54, 1.807) is 24.3 Å². The van der Waals surface area contributed by atoms with Crippen LogP contribution in [0, 0.1) is 0 Å². The number of carbonyl (C=O) groups excluding carboxylic acids is 2. The van der Waals surface area contributed by atoms with Crippen molar-refractivity contribution in [3.05, 3.63) is 65.9 Å². The average molecular weight is 417 g/mol. The average Bonchev–Trinajstić information content (AvgIpc) is 3.30. The lowest BCUT2D eigenvalue weighted by atomic mass is 9.97. The normalized spacial score (nSPS) is 18.3. The van der Waals surface area contributed by atoms with Gasteiger partial charge in [0.1, 0.15) is 5.75 Å². The molecule has 2 aromatic carbocycles. The number of fused-ring (bicyclic) bond motifs is 2. The summed E-state index contributed by atoms with van der Waals surface area (Å²) in [6.07, 6.45) is 4.02. The van der Waals surface area contributed by atoms with Gasteiger partial charge >= 0.3 is 0 Å². The van der Waals surface area contributed by atoms with Gasteiger partial charge in [0.15, 0.2) is 11.5 Å². The van der Waals surface area contributed by atoms with Gasteiger partial charge in [-0.15, -0.1) is 0 Å². The molecule has 1 saturated heterocycles. The summed E-state index contributed by atoms with van der Waals surface area (Å²) in [5.74, 6) is 0.632. The van der Waals surface area contributed by atoms with Crippen LogP contribution < -0.4 is 10.1 Å². The van der Waals surface area contributed by atoms with Crippen LogP contribution in [0.5, 0.6) is 5.75 Å². The van der Waals surface area contributed by atoms with E-state index in [0.29, 0.717) is 29.4 Å². The first-order valence-electron chi connectivity index (χ1n) is 10.6. The van der Waals surface area contributed by atoms with E-state index in [2.05, 4.69) is 10.5 Å². The Morgan fingerprint density at radius 1 is 1.06 bits per heavy atom. The highest BCUT2D eigenvalue weighted by Gasteiger charge is 2.31. The molecule has 0 bridgehead atoms. The molecule has 2 aliphatic heterocycles. The number of nitrogens with one attached hydrogen (secondary N) is 1. The summed E-state index contributed by atoms with van der Waals surface area (Å²) in [7, 11) is 0. The molecule has 0 unspecified atom stereocenters. The van der Waals surface area contributed by atoms with Crippen molar-refractivity contribution in [1.82, 2.24) is 10.1 Å². The molecule has 2 aliphatic rings. The van der Waals surface area contributed by atoms with Gasteiger partial charge < -0.3 is 19.5 Å². The van der Waals surface area contributed by atoms with Crippen molar-refractivity contribution in [3.63, 3.8) is 0 Å².